The number of hydrogen-bond donors (Lipinski definition) is 1. The molecule has 1 fully saturated rings. The van der Waals surface area contributed by atoms with Crippen molar-refractivity contribution in [3.8, 4) is 0 Å². The van der Waals surface area contributed by atoms with E-state index in [1.807, 2.05) is 6.07 Å². The molecule has 0 saturated heterocycles. The predicted octanol–water partition coefficient (Wildman–Crippen LogP) is 3.27. The maximum atomic E-state index is 12.5. The second kappa shape index (κ2) is 7.45. The minimum absolute atomic E-state index is 0.0398. The van der Waals surface area contributed by atoms with Crippen LogP contribution in [-0.2, 0) is 22.1 Å². The van der Waals surface area contributed by atoms with Crippen LogP contribution in [0.4, 0.5) is 0 Å². The Morgan fingerprint density at radius 2 is 2.05 bits per heavy atom. The van der Waals surface area contributed by atoms with Gasteiger partial charge in [0.25, 0.3) is 0 Å². The summed E-state index contributed by atoms with van der Waals surface area (Å²) in [6.07, 6.45) is 4.85. The van der Waals surface area contributed by atoms with Gasteiger partial charge in [0.1, 0.15) is 17.3 Å². The fourth-order valence-electron chi connectivity index (χ4n) is 3.00. The van der Waals surface area contributed by atoms with Gasteiger partial charge in [-0.15, -0.1) is 0 Å². The Kier molecular flexibility index (Phi) is 5.88. The molecule has 2 atom stereocenters. The average molecular weight is 313 g/mol. The fourth-order valence-corrected chi connectivity index (χ4v) is 4.94. The molecule has 1 saturated carbocycles. The van der Waals surface area contributed by atoms with Gasteiger partial charge in [0, 0.05) is 0 Å². The zero-order valence-electron chi connectivity index (χ0n) is 13.1. The molecule has 0 spiro atoms. The van der Waals surface area contributed by atoms with E-state index in [2.05, 4.69) is 19.2 Å². The van der Waals surface area contributed by atoms with E-state index in [4.69, 9.17) is 4.42 Å². The van der Waals surface area contributed by atoms with E-state index in [0.29, 0.717) is 18.2 Å². The van der Waals surface area contributed by atoms with Gasteiger partial charge in [-0.25, -0.2) is 8.42 Å². The minimum atomic E-state index is -3.10. The average Bonchev–Trinajstić information content (AvgIpc) is 2.86. The molecule has 0 amide bonds. The molecule has 120 valence electrons. The lowest BCUT2D eigenvalue weighted by molar-refractivity contribution is 0.380. The summed E-state index contributed by atoms with van der Waals surface area (Å²) in [7, 11) is -3.10. The topological polar surface area (TPSA) is 59.3 Å². The third-order valence-electron chi connectivity index (χ3n) is 4.18. The molecule has 2 unspecified atom stereocenters. The van der Waals surface area contributed by atoms with Crippen molar-refractivity contribution in [2.75, 3.05) is 6.54 Å². The Hall–Kier alpha value is -0.810. The lowest BCUT2D eigenvalue weighted by Crippen LogP contribution is -2.28. The molecule has 1 aliphatic rings. The summed E-state index contributed by atoms with van der Waals surface area (Å²) in [4.78, 5) is 0. The first-order valence-electron chi connectivity index (χ1n) is 8.01. The first-order valence-corrected chi connectivity index (χ1v) is 9.72. The van der Waals surface area contributed by atoms with Crippen molar-refractivity contribution in [3.05, 3.63) is 23.7 Å². The highest BCUT2D eigenvalue weighted by Crippen LogP contribution is 2.30. The summed E-state index contributed by atoms with van der Waals surface area (Å²) in [5.74, 6) is 1.94. The van der Waals surface area contributed by atoms with Crippen LogP contribution in [0.3, 0.4) is 0 Å². The molecule has 1 aromatic heterocycles. The molecule has 1 aliphatic carbocycles. The van der Waals surface area contributed by atoms with Crippen LogP contribution >= 0.6 is 0 Å². The number of hydrogen-bond acceptors (Lipinski definition) is 4. The molecule has 0 bridgehead atoms. The summed E-state index contributed by atoms with van der Waals surface area (Å²) < 4.78 is 30.6. The lowest BCUT2D eigenvalue weighted by atomic mass is 9.91. The van der Waals surface area contributed by atoms with Gasteiger partial charge < -0.3 is 9.73 Å². The zero-order valence-corrected chi connectivity index (χ0v) is 13.9. The smallest absolute Gasteiger partial charge is 0.160 e. The highest BCUT2D eigenvalue weighted by molar-refractivity contribution is 7.91. The molecule has 5 heteroatoms. The van der Waals surface area contributed by atoms with Crippen molar-refractivity contribution in [1.82, 2.24) is 5.32 Å². The molecule has 0 aliphatic heterocycles. The Labute approximate surface area is 128 Å². The van der Waals surface area contributed by atoms with E-state index in [1.165, 1.54) is 0 Å². The first kappa shape index (κ1) is 16.6. The second-order valence-electron chi connectivity index (χ2n) is 6.25. The summed E-state index contributed by atoms with van der Waals surface area (Å²) in [6.45, 7) is 5.85. The number of rotatable bonds is 7. The summed E-state index contributed by atoms with van der Waals surface area (Å²) >= 11 is 0. The number of nitrogens with one attached hydrogen (secondary N) is 1. The van der Waals surface area contributed by atoms with E-state index in [0.717, 1.165) is 44.4 Å². The van der Waals surface area contributed by atoms with Gasteiger partial charge in [0.05, 0.1) is 11.8 Å². The molecule has 0 aromatic carbocycles. The van der Waals surface area contributed by atoms with Gasteiger partial charge in [0.2, 0.25) is 0 Å². The third kappa shape index (κ3) is 4.85. The molecule has 1 N–H and O–H groups in total. The Morgan fingerprint density at radius 1 is 1.29 bits per heavy atom. The van der Waals surface area contributed by atoms with E-state index in [9.17, 15) is 8.42 Å². The van der Waals surface area contributed by atoms with Crippen molar-refractivity contribution in [2.24, 2.45) is 5.92 Å². The van der Waals surface area contributed by atoms with Gasteiger partial charge in [-0.05, 0) is 43.9 Å². The molecule has 2 rings (SSSR count). The van der Waals surface area contributed by atoms with Crippen LogP contribution in [0.5, 0.6) is 0 Å². The Bertz CT molecular complexity index is 535. The molecule has 21 heavy (non-hydrogen) atoms. The van der Waals surface area contributed by atoms with Crippen molar-refractivity contribution in [2.45, 2.75) is 63.5 Å². The zero-order chi connectivity index (χ0) is 15.3. The normalized spacial score (nSPS) is 23.3. The molecule has 0 radical (unpaired) electrons. The summed E-state index contributed by atoms with van der Waals surface area (Å²) in [5, 5.41) is 3.07. The fraction of sp³-hybridized carbons (Fsp3) is 0.750. The van der Waals surface area contributed by atoms with Crippen LogP contribution < -0.4 is 5.32 Å². The van der Waals surface area contributed by atoms with Crippen molar-refractivity contribution in [3.63, 3.8) is 0 Å². The highest BCUT2D eigenvalue weighted by Gasteiger charge is 2.30. The maximum absolute atomic E-state index is 12.5. The van der Waals surface area contributed by atoms with Gasteiger partial charge in [-0.3, -0.25) is 0 Å². The standard InChI is InChI=1S/C16H27NO3S/c1-3-9-17-11-14-7-8-15(20-14)12-21(18,19)16-6-4-5-13(2)10-16/h7-8,13,16-17H,3-6,9-12H2,1-2H3. The lowest BCUT2D eigenvalue weighted by Gasteiger charge is -2.26. The van der Waals surface area contributed by atoms with E-state index >= 15 is 0 Å². The van der Waals surface area contributed by atoms with Crippen LogP contribution in [0.15, 0.2) is 16.5 Å². The molecular weight excluding hydrogens is 286 g/mol. The highest BCUT2D eigenvalue weighted by atomic mass is 32.2. The second-order valence-corrected chi connectivity index (χ2v) is 8.53. The Balaban J connectivity index is 1.93. The summed E-state index contributed by atoms with van der Waals surface area (Å²) in [5.41, 5.74) is 0. The largest absolute Gasteiger partial charge is 0.464 e. The predicted molar refractivity (Wildman–Crippen MR) is 84.7 cm³/mol. The molecule has 4 nitrogen and oxygen atoms in total. The first-order chi connectivity index (χ1) is 10.0. The van der Waals surface area contributed by atoms with Gasteiger partial charge in [-0.1, -0.05) is 26.7 Å². The van der Waals surface area contributed by atoms with E-state index in [1.54, 1.807) is 6.07 Å². The maximum Gasteiger partial charge on any atom is 0.160 e. The van der Waals surface area contributed by atoms with Crippen LogP contribution in [0, 0.1) is 5.92 Å². The molecule has 1 aromatic rings. The quantitative estimate of drug-likeness (QED) is 0.785. The van der Waals surface area contributed by atoms with Crippen LogP contribution in [0.25, 0.3) is 0 Å². The van der Waals surface area contributed by atoms with Crippen molar-refractivity contribution < 1.29 is 12.8 Å². The van der Waals surface area contributed by atoms with Crippen molar-refractivity contribution in [1.29, 1.82) is 0 Å². The SMILES string of the molecule is CCCNCc1ccc(CS(=O)(=O)C2CCCC(C)C2)o1. The number of furan rings is 1. The van der Waals surface area contributed by atoms with Gasteiger partial charge >= 0.3 is 0 Å². The minimum Gasteiger partial charge on any atom is -0.464 e. The van der Waals surface area contributed by atoms with Gasteiger partial charge in [-0.2, -0.15) is 0 Å². The van der Waals surface area contributed by atoms with Crippen LogP contribution in [0.2, 0.25) is 0 Å². The van der Waals surface area contributed by atoms with Gasteiger partial charge in [0.15, 0.2) is 9.84 Å². The van der Waals surface area contributed by atoms with E-state index < -0.39 is 9.84 Å². The Morgan fingerprint density at radius 3 is 2.76 bits per heavy atom. The van der Waals surface area contributed by atoms with E-state index in [-0.39, 0.29) is 11.0 Å². The monoisotopic (exact) mass is 313 g/mol. The summed E-state index contributed by atoms with van der Waals surface area (Å²) in [6, 6.07) is 3.67. The molecule has 1 heterocycles. The van der Waals surface area contributed by atoms with Crippen molar-refractivity contribution >= 4 is 9.84 Å². The molecular formula is C16H27NO3S. The number of sulfone groups is 1. The third-order valence-corrected chi connectivity index (χ3v) is 6.31. The van der Waals surface area contributed by atoms with Crippen LogP contribution in [-0.4, -0.2) is 20.2 Å². The van der Waals surface area contributed by atoms with Crippen LogP contribution in [0.1, 0.15) is 57.5 Å².